The van der Waals surface area contributed by atoms with Gasteiger partial charge in [0.1, 0.15) is 10.6 Å². The molecule has 76 valence electrons. The van der Waals surface area contributed by atoms with Crippen LogP contribution in [-0.2, 0) is 0 Å². The first-order chi connectivity index (χ1) is 6.52. The first kappa shape index (κ1) is 10.5. The van der Waals surface area contributed by atoms with E-state index >= 15 is 0 Å². The molecule has 0 fully saturated rings. The Kier molecular flexibility index (Phi) is 3.08. The van der Waals surface area contributed by atoms with Crippen LogP contribution in [-0.4, -0.2) is 16.8 Å². The zero-order valence-electron chi connectivity index (χ0n) is 7.83. The van der Waals surface area contributed by atoms with Gasteiger partial charge < -0.3 is 16.8 Å². The largest absolute Gasteiger partial charge is 0.382 e. The van der Waals surface area contributed by atoms with Crippen molar-refractivity contribution in [3.05, 3.63) is 17.7 Å². The van der Waals surface area contributed by atoms with Crippen LogP contribution in [0.2, 0.25) is 0 Å². The van der Waals surface area contributed by atoms with Crippen molar-refractivity contribution in [1.29, 1.82) is 0 Å². The number of nitrogens with two attached hydrogens (primary N) is 2. The van der Waals surface area contributed by atoms with Gasteiger partial charge >= 0.3 is 0 Å². The highest BCUT2D eigenvalue weighted by Crippen LogP contribution is 2.25. The first-order valence-corrected chi connectivity index (χ1v) is 4.73. The highest BCUT2D eigenvalue weighted by atomic mass is 32.1. The third-order valence-corrected chi connectivity index (χ3v) is 2.33. The molecule has 1 heterocycles. The van der Waals surface area contributed by atoms with Gasteiger partial charge in [0.2, 0.25) is 0 Å². The number of carbonyl (C=O) groups excluding carboxylic acids is 1. The third-order valence-electron chi connectivity index (χ3n) is 1.52. The van der Waals surface area contributed by atoms with Gasteiger partial charge in [-0.2, -0.15) is 4.37 Å². The van der Waals surface area contributed by atoms with E-state index in [9.17, 15) is 4.79 Å². The predicted octanol–water partition coefficient (Wildman–Crippen LogP) is 0.812. The molecule has 0 spiro atoms. The molecule has 1 rings (SSSR count). The van der Waals surface area contributed by atoms with Gasteiger partial charge in [-0.3, -0.25) is 4.79 Å². The van der Waals surface area contributed by atoms with E-state index in [4.69, 9.17) is 11.5 Å². The molecule has 0 bridgehead atoms. The zero-order chi connectivity index (χ0) is 10.7. The molecule has 0 aliphatic rings. The lowest BCUT2D eigenvalue weighted by Crippen LogP contribution is -2.15. The Hall–Kier alpha value is -1.56. The van der Waals surface area contributed by atoms with Crippen molar-refractivity contribution in [1.82, 2.24) is 4.37 Å². The molecule has 5 nitrogen and oxygen atoms in total. The second-order valence-corrected chi connectivity index (χ2v) is 3.72. The molecule has 0 atom stereocenters. The van der Waals surface area contributed by atoms with Crippen molar-refractivity contribution < 1.29 is 4.79 Å². The second-order valence-electron chi connectivity index (χ2n) is 2.95. The SMILES string of the molecule is C=C(C)CNc1snc(N)c1C(N)=O. The Bertz CT molecular complexity index is 371. The van der Waals surface area contributed by atoms with E-state index in [1.165, 1.54) is 0 Å². The molecule has 1 aromatic rings. The summed E-state index contributed by atoms with van der Waals surface area (Å²) in [5.74, 6) is -0.396. The number of nitrogens with zero attached hydrogens (tertiary/aromatic N) is 1. The topological polar surface area (TPSA) is 94.0 Å². The molecule has 0 saturated carbocycles. The van der Waals surface area contributed by atoms with Gasteiger partial charge in [-0.1, -0.05) is 12.2 Å². The van der Waals surface area contributed by atoms with Gasteiger partial charge in [-0.15, -0.1) is 0 Å². The zero-order valence-corrected chi connectivity index (χ0v) is 8.65. The summed E-state index contributed by atoms with van der Waals surface area (Å²) >= 11 is 1.12. The number of hydrogen-bond donors (Lipinski definition) is 3. The quantitative estimate of drug-likeness (QED) is 0.644. The van der Waals surface area contributed by atoms with Crippen molar-refractivity contribution in [2.45, 2.75) is 6.92 Å². The summed E-state index contributed by atoms with van der Waals surface area (Å²) in [6.07, 6.45) is 0. The van der Waals surface area contributed by atoms with Gasteiger partial charge in [0.15, 0.2) is 5.82 Å². The normalized spacial score (nSPS) is 9.79. The first-order valence-electron chi connectivity index (χ1n) is 3.95. The van der Waals surface area contributed by atoms with Crippen LogP contribution >= 0.6 is 11.5 Å². The van der Waals surface area contributed by atoms with Gasteiger partial charge in [0, 0.05) is 6.54 Å². The minimum absolute atomic E-state index is 0.173. The monoisotopic (exact) mass is 212 g/mol. The summed E-state index contributed by atoms with van der Waals surface area (Å²) in [4.78, 5) is 11.0. The van der Waals surface area contributed by atoms with E-state index in [1.807, 2.05) is 6.92 Å². The van der Waals surface area contributed by atoms with Gasteiger partial charge in [0.05, 0.1) is 0 Å². The third kappa shape index (κ3) is 2.23. The number of nitrogens with one attached hydrogen (secondary N) is 1. The fourth-order valence-electron chi connectivity index (χ4n) is 0.892. The predicted molar refractivity (Wildman–Crippen MR) is 58.3 cm³/mol. The molecule has 0 aromatic carbocycles. The lowest BCUT2D eigenvalue weighted by Gasteiger charge is -2.03. The minimum Gasteiger partial charge on any atom is -0.382 e. The molecule has 0 radical (unpaired) electrons. The molecule has 6 heteroatoms. The van der Waals surface area contributed by atoms with Gasteiger partial charge in [0.25, 0.3) is 5.91 Å². The Labute approximate surface area is 86.0 Å². The highest BCUT2D eigenvalue weighted by molar-refractivity contribution is 7.11. The smallest absolute Gasteiger partial charge is 0.255 e. The van der Waals surface area contributed by atoms with Gasteiger partial charge in [-0.25, -0.2) is 0 Å². The average molecular weight is 212 g/mol. The molecule has 0 unspecified atom stereocenters. The van der Waals surface area contributed by atoms with Crippen molar-refractivity contribution in [2.75, 3.05) is 17.6 Å². The van der Waals surface area contributed by atoms with E-state index in [0.29, 0.717) is 11.5 Å². The highest BCUT2D eigenvalue weighted by Gasteiger charge is 2.15. The van der Waals surface area contributed by atoms with Crippen molar-refractivity contribution in [3.63, 3.8) is 0 Å². The van der Waals surface area contributed by atoms with Crippen LogP contribution in [0.3, 0.4) is 0 Å². The van der Waals surface area contributed by atoms with E-state index < -0.39 is 5.91 Å². The number of primary amides is 1. The number of aromatic nitrogens is 1. The summed E-state index contributed by atoms with van der Waals surface area (Å²) in [7, 11) is 0. The molecule has 1 amide bonds. The maximum absolute atomic E-state index is 11.0. The summed E-state index contributed by atoms with van der Waals surface area (Å²) in [6.45, 7) is 6.17. The maximum atomic E-state index is 11.0. The average Bonchev–Trinajstić information content (AvgIpc) is 2.43. The minimum atomic E-state index is -0.569. The van der Waals surface area contributed by atoms with Crippen LogP contribution in [0.5, 0.6) is 0 Å². The number of amides is 1. The molecule has 0 aliphatic carbocycles. The lowest BCUT2D eigenvalue weighted by atomic mass is 10.3. The molecule has 14 heavy (non-hydrogen) atoms. The van der Waals surface area contributed by atoms with Crippen molar-refractivity contribution in [3.8, 4) is 0 Å². The fourth-order valence-corrected chi connectivity index (χ4v) is 1.61. The van der Waals surface area contributed by atoms with Crippen LogP contribution in [0, 0.1) is 0 Å². The van der Waals surface area contributed by atoms with Crippen LogP contribution in [0.15, 0.2) is 12.2 Å². The number of rotatable bonds is 4. The molecule has 1 aromatic heterocycles. The van der Waals surface area contributed by atoms with E-state index in [1.54, 1.807) is 0 Å². The summed E-state index contributed by atoms with van der Waals surface area (Å²) in [5, 5.41) is 3.59. The Balaban J connectivity index is 2.86. The molecular formula is C8H12N4OS. The maximum Gasteiger partial charge on any atom is 0.255 e. The van der Waals surface area contributed by atoms with E-state index in [-0.39, 0.29) is 11.4 Å². The van der Waals surface area contributed by atoms with Crippen LogP contribution in [0.1, 0.15) is 17.3 Å². The Morgan fingerprint density at radius 2 is 2.36 bits per heavy atom. The summed E-state index contributed by atoms with van der Waals surface area (Å²) < 4.78 is 3.84. The summed E-state index contributed by atoms with van der Waals surface area (Å²) in [5.41, 5.74) is 11.8. The standard InChI is InChI=1S/C8H12N4OS/c1-4(2)3-11-8-5(7(10)13)6(9)12-14-8/h11H,1,3H2,2H3,(H2,9,12)(H2,10,13). The molecule has 0 saturated heterocycles. The Morgan fingerprint density at radius 1 is 1.71 bits per heavy atom. The van der Waals surface area contributed by atoms with Crippen LogP contribution < -0.4 is 16.8 Å². The molecule has 0 aliphatic heterocycles. The number of nitrogen functional groups attached to an aromatic ring is 1. The van der Waals surface area contributed by atoms with Gasteiger partial charge in [-0.05, 0) is 18.5 Å². The van der Waals surface area contributed by atoms with E-state index in [2.05, 4.69) is 16.3 Å². The number of anilines is 2. The fraction of sp³-hybridized carbons (Fsp3) is 0.250. The molecule has 5 N–H and O–H groups in total. The summed E-state index contributed by atoms with van der Waals surface area (Å²) in [6, 6.07) is 0. The Morgan fingerprint density at radius 3 is 2.86 bits per heavy atom. The van der Waals surface area contributed by atoms with E-state index in [0.717, 1.165) is 17.1 Å². The van der Waals surface area contributed by atoms with Crippen LogP contribution in [0.25, 0.3) is 0 Å². The van der Waals surface area contributed by atoms with Crippen molar-refractivity contribution in [2.24, 2.45) is 5.73 Å². The second kappa shape index (κ2) is 4.10. The van der Waals surface area contributed by atoms with Crippen LogP contribution in [0.4, 0.5) is 10.8 Å². The number of carbonyl (C=O) groups is 1. The number of hydrogen-bond acceptors (Lipinski definition) is 5. The lowest BCUT2D eigenvalue weighted by molar-refractivity contribution is 0.100. The van der Waals surface area contributed by atoms with Crippen molar-refractivity contribution >= 4 is 28.3 Å². The molecular weight excluding hydrogens is 200 g/mol.